The molecule has 0 aromatic heterocycles. The van der Waals surface area contributed by atoms with Gasteiger partial charge in [0.2, 0.25) is 0 Å². The van der Waals surface area contributed by atoms with Crippen LogP contribution in [0.25, 0.3) is 0 Å². The molecule has 0 spiro atoms. The summed E-state index contributed by atoms with van der Waals surface area (Å²) in [5, 5.41) is 0. The summed E-state index contributed by atoms with van der Waals surface area (Å²) in [6.45, 7) is 4.97. The molecular weight excluding hydrogens is 391 g/mol. The smallest absolute Gasteiger partial charge is 0.416 e. The van der Waals surface area contributed by atoms with Gasteiger partial charge in [0.1, 0.15) is 18.2 Å². The number of carbonyl (C=O) groups excluding carboxylic acids is 2. The van der Waals surface area contributed by atoms with Gasteiger partial charge in [-0.2, -0.15) is 13.2 Å². The number of hydrogen-bond donors (Lipinski definition) is 1. The predicted octanol–water partition coefficient (Wildman–Crippen LogP) is 2.72. The third kappa shape index (κ3) is 6.43. The number of carbonyl (C=O) groups is 2. The van der Waals surface area contributed by atoms with Crippen molar-refractivity contribution in [1.82, 2.24) is 0 Å². The van der Waals surface area contributed by atoms with Gasteiger partial charge >= 0.3 is 18.1 Å². The Morgan fingerprint density at radius 1 is 1.24 bits per heavy atom. The van der Waals surface area contributed by atoms with Crippen molar-refractivity contribution in [1.29, 1.82) is 0 Å². The molecule has 6 nitrogen and oxygen atoms in total. The van der Waals surface area contributed by atoms with Crippen molar-refractivity contribution in [2.24, 2.45) is 17.6 Å². The Bertz CT molecular complexity index is 705. The van der Waals surface area contributed by atoms with Crippen LogP contribution in [0.5, 0.6) is 0 Å². The number of hydrogen-bond acceptors (Lipinski definition) is 6. The average molecular weight is 417 g/mol. The molecule has 29 heavy (non-hydrogen) atoms. The summed E-state index contributed by atoms with van der Waals surface area (Å²) >= 11 is 0. The zero-order valence-electron chi connectivity index (χ0n) is 16.6. The summed E-state index contributed by atoms with van der Waals surface area (Å²) < 4.78 is 54.8. The van der Waals surface area contributed by atoms with Gasteiger partial charge in [0.25, 0.3) is 0 Å². The molecule has 162 valence electrons. The van der Waals surface area contributed by atoms with Gasteiger partial charge in [-0.15, -0.1) is 0 Å². The first-order chi connectivity index (χ1) is 13.5. The highest BCUT2D eigenvalue weighted by Crippen LogP contribution is 2.30. The van der Waals surface area contributed by atoms with E-state index in [0.717, 1.165) is 12.1 Å². The highest BCUT2D eigenvalue weighted by atomic mass is 19.4. The number of benzene rings is 1. The summed E-state index contributed by atoms with van der Waals surface area (Å²) in [5.41, 5.74) is 5.58. The van der Waals surface area contributed by atoms with Gasteiger partial charge in [-0.3, -0.25) is 9.59 Å². The van der Waals surface area contributed by atoms with Gasteiger partial charge in [-0.05, 0) is 31.0 Å². The minimum Gasteiger partial charge on any atom is -0.458 e. The van der Waals surface area contributed by atoms with Crippen LogP contribution in [0.1, 0.15) is 31.9 Å². The van der Waals surface area contributed by atoms with E-state index in [4.69, 9.17) is 19.9 Å². The SMILES string of the molecule is CC(C)C(=O)O[C@@H]1[C@@H](Cc2ccc(C(F)(F)F)cc2)COC[C@H](N)C(=O)O[C@H]1C. The van der Waals surface area contributed by atoms with Crippen LogP contribution in [0.4, 0.5) is 13.2 Å². The molecule has 0 aliphatic carbocycles. The van der Waals surface area contributed by atoms with Crippen molar-refractivity contribution in [3.05, 3.63) is 35.4 Å². The molecule has 1 heterocycles. The van der Waals surface area contributed by atoms with Crippen LogP contribution in [0.3, 0.4) is 0 Å². The lowest BCUT2D eigenvalue weighted by Crippen LogP contribution is -2.43. The van der Waals surface area contributed by atoms with E-state index in [-0.39, 0.29) is 19.6 Å². The molecule has 1 fully saturated rings. The van der Waals surface area contributed by atoms with Crippen molar-refractivity contribution in [3.8, 4) is 0 Å². The second-order valence-electron chi connectivity index (χ2n) is 7.50. The zero-order chi connectivity index (χ0) is 21.8. The molecule has 0 unspecified atom stereocenters. The Hall–Kier alpha value is -2.13. The summed E-state index contributed by atoms with van der Waals surface area (Å²) in [7, 11) is 0. The molecule has 1 aliphatic rings. The van der Waals surface area contributed by atoms with Gasteiger partial charge in [-0.1, -0.05) is 26.0 Å². The normalized spacial score (nSPS) is 26.3. The monoisotopic (exact) mass is 417 g/mol. The number of cyclic esters (lactones) is 1. The van der Waals surface area contributed by atoms with Gasteiger partial charge < -0.3 is 19.9 Å². The summed E-state index contributed by atoms with van der Waals surface area (Å²) in [4.78, 5) is 24.2. The van der Waals surface area contributed by atoms with Gasteiger partial charge in [0.15, 0.2) is 0 Å². The molecule has 0 saturated carbocycles. The quantitative estimate of drug-likeness (QED) is 0.758. The molecule has 0 amide bonds. The Balaban J connectivity index is 2.26. The van der Waals surface area contributed by atoms with E-state index < -0.39 is 53.8 Å². The van der Waals surface area contributed by atoms with Crippen LogP contribution in [-0.2, 0) is 36.4 Å². The average Bonchev–Trinajstić information content (AvgIpc) is 2.67. The maximum Gasteiger partial charge on any atom is 0.416 e. The first-order valence-electron chi connectivity index (χ1n) is 9.39. The van der Waals surface area contributed by atoms with E-state index in [1.165, 1.54) is 12.1 Å². The van der Waals surface area contributed by atoms with Gasteiger partial charge in [0.05, 0.1) is 24.7 Å². The fourth-order valence-corrected chi connectivity index (χ4v) is 3.00. The van der Waals surface area contributed by atoms with E-state index in [1.54, 1.807) is 20.8 Å². The summed E-state index contributed by atoms with van der Waals surface area (Å²) in [5.74, 6) is -1.99. The number of halogens is 3. The topological polar surface area (TPSA) is 87.9 Å². The fraction of sp³-hybridized carbons (Fsp3) is 0.600. The van der Waals surface area contributed by atoms with E-state index in [2.05, 4.69) is 0 Å². The summed E-state index contributed by atoms with van der Waals surface area (Å²) in [6, 6.07) is 3.78. The second-order valence-corrected chi connectivity index (χ2v) is 7.50. The van der Waals surface area contributed by atoms with Crippen molar-refractivity contribution in [2.75, 3.05) is 13.2 Å². The van der Waals surface area contributed by atoms with Crippen LogP contribution < -0.4 is 5.73 Å². The predicted molar refractivity (Wildman–Crippen MR) is 97.7 cm³/mol. The molecule has 1 saturated heterocycles. The Morgan fingerprint density at radius 3 is 2.41 bits per heavy atom. The van der Waals surface area contributed by atoms with Crippen LogP contribution in [-0.4, -0.2) is 43.4 Å². The third-order valence-corrected chi connectivity index (χ3v) is 4.66. The van der Waals surface area contributed by atoms with E-state index >= 15 is 0 Å². The lowest BCUT2D eigenvalue weighted by atomic mass is 9.91. The number of esters is 2. The third-order valence-electron chi connectivity index (χ3n) is 4.66. The minimum absolute atomic E-state index is 0.0695. The van der Waals surface area contributed by atoms with Crippen LogP contribution in [0, 0.1) is 11.8 Å². The van der Waals surface area contributed by atoms with Crippen molar-refractivity contribution < 1.29 is 37.0 Å². The fourth-order valence-electron chi connectivity index (χ4n) is 3.00. The van der Waals surface area contributed by atoms with Crippen molar-refractivity contribution >= 4 is 11.9 Å². The summed E-state index contributed by atoms with van der Waals surface area (Å²) in [6.07, 6.45) is -5.78. The Kier molecular flexibility index (Phi) is 7.65. The van der Waals surface area contributed by atoms with Crippen molar-refractivity contribution in [2.45, 2.75) is 51.6 Å². The van der Waals surface area contributed by atoms with E-state index in [0.29, 0.717) is 5.56 Å². The molecule has 0 radical (unpaired) electrons. The number of alkyl halides is 3. The lowest BCUT2D eigenvalue weighted by Gasteiger charge is -2.31. The zero-order valence-corrected chi connectivity index (χ0v) is 16.6. The molecule has 9 heteroatoms. The van der Waals surface area contributed by atoms with Gasteiger partial charge in [-0.25, -0.2) is 0 Å². The molecule has 1 aliphatic heterocycles. The van der Waals surface area contributed by atoms with E-state index in [9.17, 15) is 22.8 Å². The molecule has 1 aromatic carbocycles. The van der Waals surface area contributed by atoms with Crippen LogP contribution in [0.15, 0.2) is 24.3 Å². The maximum absolute atomic E-state index is 12.8. The standard InChI is InChI=1S/C20H26F3NO5/c1-11(2)18(25)29-17-12(3)28-19(26)16(24)10-27-9-14(17)8-13-4-6-15(7-5-13)20(21,22)23/h4-7,11-12,14,16-17H,8-10,24H2,1-3H3/t12-,14-,16-,17-/m0/s1. The number of ether oxygens (including phenoxy) is 3. The van der Waals surface area contributed by atoms with Crippen LogP contribution in [0.2, 0.25) is 0 Å². The largest absolute Gasteiger partial charge is 0.458 e. The van der Waals surface area contributed by atoms with Crippen LogP contribution >= 0.6 is 0 Å². The lowest BCUT2D eigenvalue weighted by molar-refractivity contribution is -0.173. The highest BCUT2D eigenvalue weighted by molar-refractivity contribution is 5.76. The molecule has 1 aromatic rings. The molecule has 2 N–H and O–H groups in total. The molecule has 2 rings (SSSR count). The highest BCUT2D eigenvalue weighted by Gasteiger charge is 2.36. The van der Waals surface area contributed by atoms with Gasteiger partial charge in [0, 0.05) is 5.92 Å². The maximum atomic E-state index is 12.8. The molecular formula is C20H26F3NO5. The molecule has 0 bridgehead atoms. The second kappa shape index (κ2) is 9.58. The number of nitrogens with two attached hydrogens (primary N) is 1. The Labute approximate surface area is 167 Å². The minimum atomic E-state index is -4.42. The first kappa shape index (κ1) is 23.2. The molecule has 4 atom stereocenters. The number of rotatable bonds is 4. The first-order valence-corrected chi connectivity index (χ1v) is 9.39. The van der Waals surface area contributed by atoms with Crippen molar-refractivity contribution in [3.63, 3.8) is 0 Å². The Morgan fingerprint density at radius 2 is 1.86 bits per heavy atom. The van der Waals surface area contributed by atoms with E-state index in [1.807, 2.05) is 0 Å².